The van der Waals surface area contributed by atoms with Crippen LogP contribution < -0.4 is 5.32 Å². The third kappa shape index (κ3) is 7.72. The van der Waals surface area contributed by atoms with Crippen molar-refractivity contribution >= 4 is 63.2 Å². The normalized spacial score (nSPS) is 16.2. The van der Waals surface area contributed by atoms with E-state index in [1.165, 1.54) is 7.11 Å². The first kappa shape index (κ1) is 36.9. The summed E-state index contributed by atoms with van der Waals surface area (Å²) in [6, 6.07) is 6.61. The molecular weight excluding hydrogens is 650 g/mol. The third-order valence-corrected chi connectivity index (χ3v) is 9.97. The van der Waals surface area contributed by atoms with Gasteiger partial charge >= 0.3 is 11.9 Å². The smallest absolute Gasteiger partial charge is 0.305 e. The second kappa shape index (κ2) is 15.3. The van der Waals surface area contributed by atoms with E-state index in [1.54, 1.807) is 6.08 Å². The highest BCUT2D eigenvalue weighted by atomic mass is 16.5. The molecule has 5 heterocycles. The average molecular weight is 696 g/mol. The van der Waals surface area contributed by atoms with Crippen molar-refractivity contribution in [3.8, 4) is 0 Å². The molecule has 0 spiro atoms. The van der Waals surface area contributed by atoms with Gasteiger partial charge in [-0.1, -0.05) is 32.2 Å². The molecule has 6 N–H and O–H groups in total. The predicted molar refractivity (Wildman–Crippen MR) is 197 cm³/mol. The third-order valence-electron chi connectivity index (χ3n) is 9.97. The zero-order valence-electron chi connectivity index (χ0n) is 29.6. The highest BCUT2D eigenvalue weighted by Crippen LogP contribution is 2.42. The molecule has 5 rings (SSSR count). The first-order valence-corrected chi connectivity index (χ1v) is 16.9. The maximum absolute atomic E-state index is 13.0. The van der Waals surface area contributed by atoms with Crippen molar-refractivity contribution in [3.05, 3.63) is 82.5 Å². The van der Waals surface area contributed by atoms with Crippen LogP contribution in [0.4, 0.5) is 0 Å². The number of ether oxygens (including phenoxy) is 1. The van der Waals surface area contributed by atoms with Gasteiger partial charge in [-0.25, -0.2) is 4.98 Å². The molecule has 8 bridgehead atoms. The van der Waals surface area contributed by atoms with E-state index in [0.717, 1.165) is 66.9 Å². The minimum Gasteiger partial charge on any atom is -0.481 e. The van der Waals surface area contributed by atoms with E-state index in [9.17, 15) is 24.6 Å². The summed E-state index contributed by atoms with van der Waals surface area (Å²) < 4.78 is 4.96. The number of nitrogens with one attached hydrogen (secondary N) is 3. The highest BCUT2D eigenvalue weighted by molar-refractivity contribution is 5.94. The summed E-state index contributed by atoms with van der Waals surface area (Å²) in [5.74, 6) is -2.30. The van der Waals surface area contributed by atoms with Crippen molar-refractivity contribution in [1.29, 1.82) is 0 Å². The molecule has 51 heavy (non-hydrogen) atoms. The van der Waals surface area contributed by atoms with Gasteiger partial charge in [0.2, 0.25) is 5.91 Å². The van der Waals surface area contributed by atoms with Gasteiger partial charge in [0.05, 0.1) is 31.0 Å². The van der Waals surface area contributed by atoms with Crippen molar-refractivity contribution in [1.82, 2.24) is 25.3 Å². The standard InChI is InChI=1S/C39H45N5O7/c1-8-23-19(3)27-14-28-22(6)26(11-13-38(48)51-7)34(42-28)17-33-25(10-12-36(45)44-35(39(49)50)18-37(46)47)21(5)30(43-33)16-32-24(9-2)20(4)29(41-32)15-31(23)40-27/h8-9,14-17,22,26,35,39-41,49-50H,1-2,10-13,18H2,3-7H3,(H,44,45)(H,46,47)/t22?,26?,35-/m0/s1. The molecule has 12 heteroatoms. The van der Waals surface area contributed by atoms with Gasteiger partial charge in [-0.05, 0) is 80.2 Å². The number of hydrogen-bond acceptors (Lipinski definition) is 8. The van der Waals surface area contributed by atoms with Crippen LogP contribution in [0.5, 0.6) is 0 Å². The first-order valence-electron chi connectivity index (χ1n) is 16.9. The Morgan fingerprint density at radius 2 is 1.53 bits per heavy atom. The van der Waals surface area contributed by atoms with Gasteiger partial charge < -0.3 is 35.3 Å². The number of H-pyrrole nitrogens is 2. The maximum Gasteiger partial charge on any atom is 0.305 e. The maximum atomic E-state index is 13.0. The number of aryl methyl sites for hydroxylation is 2. The fourth-order valence-electron chi connectivity index (χ4n) is 6.93. The monoisotopic (exact) mass is 695 g/mol. The van der Waals surface area contributed by atoms with Crippen LogP contribution in [0.15, 0.2) is 37.4 Å². The fraction of sp³-hybridized carbons (Fsp3) is 0.359. The summed E-state index contributed by atoms with van der Waals surface area (Å²) in [7, 11) is 1.37. The molecular formula is C39H45N5O7. The predicted octanol–water partition coefficient (Wildman–Crippen LogP) is 6.04. The van der Waals surface area contributed by atoms with Gasteiger partial charge in [-0.2, -0.15) is 0 Å². The Hall–Kier alpha value is -5.33. The molecule has 12 nitrogen and oxygen atoms in total. The van der Waals surface area contributed by atoms with Crippen molar-refractivity contribution in [2.75, 3.05) is 7.11 Å². The van der Waals surface area contributed by atoms with Crippen molar-refractivity contribution in [3.63, 3.8) is 0 Å². The van der Waals surface area contributed by atoms with Gasteiger partial charge in [-0.3, -0.25) is 19.4 Å². The molecule has 2 aliphatic rings. The van der Waals surface area contributed by atoms with Gasteiger partial charge in [0, 0.05) is 69.3 Å². The molecule has 0 radical (unpaired) electrons. The van der Waals surface area contributed by atoms with Crippen molar-refractivity contribution in [2.45, 2.75) is 84.0 Å². The molecule has 2 aliphatic heterocycles. The van der Waals surface area contributed by atoms with E-state index in [-0.39, 0.29) is 37.1 Å². The molecule has 0 aliphatic carbocycles. The number of hydrogen-bond donors (Lipinski definition) is 6. The Kier molecular flexibility index (Phi) is 11.1. The van der Waals surface area contributed by atoms with Crippen LogP contribution in [0.25, 0.3) is 45.4 Å². The number of carboxylic acid groups (broad SMARTS) is 1. The molecule has 0 fully saturated rings. The lowest BCUT2D eigenvalue weighted by Crippen LogP contribution is -2.44. The molecule has 0 saturated carbocycles. The molecule has 0 aromatic carbocycles. The van der Waals surface area contributed by atoms with E-state index in [2.05, 4.69) is 41.4 Å². The van der Waals surface area contributed by atoms with Crippen LogP contribution >= 0.6 is 0 Å². The summed E-state index contributed by atoms with van der Waals surface area (Å²) in [6.45, 7) is 16.2. The minimum atomic E-state index is -2.03. The van der Waals surface area contributed by atoms with Crippen LogP contribution in [-0.4, -0.2) is 72.5 Å². The first-order chi connectivity index (χ1) is 24.3. The van der Waals surface area contributed by atoms with Crippen LogP contribution in [0.2, 0.25) is 0 Å². The lowest BCUT2D eigenvalue weighted by atomic mass is 9.87. The SMILES string of the molecule is C=Cc1c(C)c2cc3[nH]c(cc4nc(cc5nc(cc1[nH]2)C(C)=C5CCC(=O)N[C@@H](CC(=O)O)C(O)O)C(CCC(=O)OC)C4C)c(C)c3C=C. The number of amides is 1. The van der Waals surface area contributed by atoms with Gasteiger partial charge in [-0.15, -0.1) is 0 Å². The number of rotatable bonds is 12. The molecule has 1 amide bonds. The summed E-state index contributed by atoms with van der Waals surface area (Å²) in [5, 5.41) is 30.8. The minimum absolute atomic E-state index is 0.0470. The average Bonchev–Trinajstić information content (AvgIpc) is 3.74. The Labute approximate surface area is 296 Å². The largest absolute Gasteiger partial charge is 0.481 e. The Bertz CT molecular complexity index is 2110. The van der Waals surface area contributed by atoms with E-state index in [0.29, 0.717) is 17.8 Å². The van der Waals surface area contributed by atoms with Gasteiger partial charge in [0.25, 0.3) is 0 Å². The molecule has 3 aromatic heterocycles. The van der Waals surface area contributed by atoms with Crippen molar-refractivity contribution < 1.29 is 34.4 Å². The van der Waals surface area contributed by atoms with E-state index >= 15 is 0 Å². The highest BCUT2D eigenvalue weighted by Gasteiger charge is 2.31. The number of esters is 1. The molecule has 3 atom stereocenters. The number of methoxy groups -OCH3 is 1. The van der Waals surface area contributed by atoms with E-state index in [4.69, 9.17) is 19.8 Å². The van der Waals surface area contributed by atoms with E-state index < -0.39 is 30.6 Å². The fourth-order valence-corrected chi connectivity index (χ4v) is 6.93. The van der Waals surface area contributed by atoms with Crippen molar-refractivity contribution in [2.24, 2.45) is 0 Å². The van der Waals surface area contributed by atoms with E-state index in [1.807, 2.05) is 45.0 Å². The number of fused-ring (bicyclic) bond motifs is 8. The lowest BCUT2D eigenvalue weighted by molar-refractivity contribution is -0.143. The number of aromatic nitrogens is 4. The second-order valence-electron chi connectivity index (χ2n) is 13.1. The topological polar surface area (TPSA) is 191 Å². The quantitative estimate of drug-likeness (QED) is 0.0969. The Balaban J connectivity index is 1.73. The number of aliphatic hydroxyl groups excluding tert-OH is 1. The number of carbonyl (C=O) groups is 3. The summed E-state index contributed by atoms with van der Waals surface area (Å²) >= 11 is 0. The number of aliphatic hydroxyl groups is 2. The molecule has 2 unspecified atom stereocenters. The Morgan fingerprint density at radius 3 is 2.12 bits per heavy atom. The number of aromatic amines is 2. The number of aliphatic carboxylic acids is 1. The molecule has 3 aromatic rings. The number of carboxylic acids is 1. The molecule has 0 saturated heterocycles. The number of nitrogens with zero attached hydrogens (tertiary/aromatic N) is 2. The number of carbonyl (C=O) groups excluding carboxylic acids is 2. The Morgan fingerprint density at radius 1 is 0.902 bits per heavy atom. The van der Waals surface area contributed by atoms with Crippen LogP contribution in [-0.2, 0) is 19.1 Å². The van der Waals surface area contributed by atoms with Crippen LogP contribution in [0.3, 0.4) is 0 Å². The zero-order valence-corrected chi connectivity index (χ0v) is 29.6. The van der Waals surface area contributed by atoms with Gasteiger partial charge in [0.15, 0.2) is 6.29 Å². The lowest BCUT2D eigenvalue weighted by Gasteiger charge is -2.18. The van der Waals surface area contributed by atoms with Crippen LogP contribution in [0.1, 0.15) is 103 Å². The zero-order chi connectivity index (χ0) is 37.1. The second-order valence-corrected chi connectivity index (χ2v) is 13.1. The molecule has 268 valence electrons. The van der Waals surface area contributed by atoms with Gasteiger partial charge in [0.1, 0.15) is 0 Å². The summed E-state index contributed by atoms with van der Waals surface area (Å²) in [6.07, 6.45) is 1.84. The summed E-state index contributed by atoms with van der Waals surface area (Å²) in [5.41, 5.74) is 11.9. The van der Waals surface area contributed by atoms with Crippen LogP contribution in [0, 0.1) is 13.8 Å². The summed E-state index contributed by atoms with van der Waals surface area (Å²) in [4.78, 5) is 53.7. The number of allylic oxidation sites excluding steroid dienone is 2.